The predicted molar refractivity (Wildman–Crippen MR) is 82.2 cm³/mol. The molecule has 2 N–H and O–H groups in total. The second-order valence-electron chi connectivity index (χ2n) is 5.58. The van der Waals surface area contributed by atoms with Crippen LogP contribution in [0.5, 0.6) is 5.75 Å². The zero-order chi connectivity index (χ0) is 13.9. The van der Waals surface area contributed by atoms with E-state index in [9.17, 15) is 5.11 Å². The molecule has 4 nitrogen and oxygen atoms in total. The van der Waals surface area contributed by atoms with Crippen molar-refractivity contribution in [3.05, 3.63) is 30.5 Å². The lowest BCUT2D eigenvalue weighted by molar-refractivity contribution is 0.194. The lowest BCUT2D eigenvalue weighted by Crippen LogP contribution is -2.40. The van der Waals surface area contributed by atoms with E-state index in [1.165, 1.54) is 25.8 Å². The number of fused-ring (bicyclic) bond motifs is 1. The third-order valence-corrected chi connectivity index (χ3v) is 4.18. The molecule has 1 aliphatic heterocycles. The fourth-order valence-electron chi connectivity index (χ4n) is 2.91. The summed E-state index contributed by atoms with van der Waals surface area (Å²) in [6.45, 7) is 2.08. The smallest absolute Gasteiger partial charge is 0.134 e. The van der Waals surface area contributed by atoms with Gasteiger partial charge in [0.25, 0.3) is 0 Å². The molecule has 1 aromatic carbocycles. The SMILES string of the molecule is CN1CCCCC1CNc1nccc2ccc(O)cc12. The van der Waals surface area contributed by atoms with Gasteiger partial charge in [-0.25, -0.2) is 4.98 Å². The van der Waals surface area contributed by atoms with Crippen molar-refractivity contribution in [2.24, 2.45) is 0 Å². The lowest BCUT2D eigenvalue weighted by Gasteiger charge is -2.32. The van der Waals surface area contributed by atoms with Crippen LogP contribution in [0.3, 0.4) is 0 Å². The fourth-order valence-corrected chi connectivity index (χ4v) is 2.91. The number of nitrogens with one attached hydrogen (secondary N) is 1. The molecule has 0 saturated carbocycles. The Balaban J connectivity index is 1.78. The first-order valence-corrected chi connectivity index (χ1v) is 7.26. The minimum absolute atomic E-state index is 0.281. The molecule has 1 aliphatic rings. The van der Waals surface area contributed by atoms with Crippen LogP contribution >= 0.6 is 0 Å². The number of hydrogen-bond donors (Lipinski definition) is 2. The third-order valence-electron chi connectivity index (χ3n) is 4.18. The van der Waals surface area contributed by atoms with E-state index in [4.69, 9.17) is 0 Å². The molecule has 1 fully saturated rings. The molecule has 0 bridgehead atoms. The highest BCUT2D eigenvalue weighted by atomic mass is 16.3. The van der Waals surface area contributed by atoms with Crippen LogP contribution in [0.1, 0.15) is 19.3 Å². The second-order valence-corrected chi connectivity index (χ2v) is 5.58. The highest BCUT2D eigenvalue weighted by Crippen LogP contribution is 2.25. The number of phenolic OH excluding ortho intramolecular Hbond substituents is 1. The summed E-state index contributed by atoms with van der Waals surface area (Å²) in [6.07, 6.45) is 5.65. The van der Waals surface area contributed by atoms with Crippen molar-refractivity contribution >= 4 is 16.6 Å². The van der Waals surface area contributed by atoms with Crippen molar-refractivity contribution in [1.82, 2.24) is 9.88 Å². The Morgan fingerprint density at radius 2 is 2.25 bits per heavy atom. The fraction of sp³-hybridized carbons (Fsp3) is 0.438. The summed E-state index contributed by atoms with van der Waals surface area (Å²) >= 11 is 0. The maximum Gasteiger partial charge on any atom is 0.134 e. The molecule has 0 amide bonds. The molecule has 0 spiro atoms. The van der Waals surface area contributed by atoms with Gasteiger partial charge in [-0.15, -0.1) is 0 Å². The maximum atomic E-state index is 9.65. The number of likely N-dealkylation sites (N-methyl/N-ethyl adjacent to an activating group) is 1. The van der Waals surface area contributed by atoms with Gasteiger partial charge in [0.15, 0.2) is 0 Å². The van der Waals surface area contributed by atoms with E-state index in [-0.39, 0.29) is 5.75 Å². The van der Waals surface area contributed by atoms with Crippen LogP contribution in [0.25, 0.3) is 10.8 Å². The molecule has 0 aliphatic carbocycles. The zero-order valence-corrected chi connectivity index (χ0v) is 11.8. The van der Waals surface area contributed by atoms with Gasteiger partial charge >= 0.3 is 0 Å². The van der Waals surface area contributed by atoms with E-state index < -0.39 is 0 Å². The minimum Gasteiger partial charge on any atom is -0.508 e. The Hall–Kier alpha value is -1.81. The quantitative estimate of drug-likeness (QED) is 0.901. The number of rotatable bonds is 3. The first-order valence-electron chi connectivity index (χ1n) is 7.26. The van der Waals surface area contributed by atoms with E-state index in [1.807, 2.05) is 18.3 Å². The van der Waals surface area contributed by atoms with Crippen molar-refractivity contribution < 1.29 is 5.11 Å². The summed E-state index contributed by atoms with van der Waals surface area (Å²) in [4.78, 5) is 6.83. The van der Waals surface area contributed by atoms with Gasteiger partial charge in [-0.1, -0.05) is 12.5 Å². The molecule has 1 atom stereocenters. The summed E-state index contributed by atoms with van der Waals surface area (Å²) in [5.74, 6) is 1.14. The van der Waals surface area contributed by atoms with Gasteiger partial charge in [0.1, 0.15) is 11.6 Å². The van der Waals surface area contributed by atoms with E-state index in [0.29, 0.717) is 6.04 Å². The van der Waals surface area contributed by atoms with Crippen molar-refractivity contribution in [1.29, 1.82) is 0 Å². The molecule has 1 unspecified atom stereocenters. The molecule has 4 heteroatoms. The van der Waals surface area contributed by atoms with E-state index >= 15 is 0 Å². The monoisotopic (exact) mass is 271 g/mol. The van der Waals surface area contributed by atoms with Crippen LogP contribution in [0.15, 0.2) is 30.5 Å². The normalized spacial score (nSPS) is 20.1. The second kappa shape index (κ2) is 5.67. The first-order chi connectivity index (χ1) is 9.74. The van der Waals surface area contributed by atoms with Crippen molar-refractivity contribution in [2.75, 3.05) is 25.5 Å². The van der Waals surface area contributed by atoms with Crippen molar-refractivity contribution in [3.8, 4) is 5.75 Å². The maximum absolute atomic E-state index is 9.65. The van der Waals surface area contributed by atoms with Gasteiger partial charge in [0.05, 0.1) is 0 Å². The molecule has 2 aromatic rings. The first kappa shape index (κ1) is 13.2. The number of anilines is 1. The van der Waals surface area contributed by atoms with Gasteiger partial charge in [0, 0.05) is 24.2 Å². The standard InChI is InChI=1S/C16H21N3O/c1-19-9-3-2-4-13(19)11-18-16-15-10-14(20)6-5-12(15)7-8-17-16/h5-8,10,13,20H,2-4,9,11H2,1H3,(H,17,18). The molecule has 20 heavy (non-hydrogen) atoms. The number of aromatic nitrogens is 1. The number of benzene rings is 1. The number of aromatic hydroxyl groups is 1. The molecule has 1 saturated heterocycles. The number of likely N-dealkylation sites (tertiary alicyclic amines) is 1. The zero-order valence-electron chi connectivity index (χ0n) is 11.8. The summed E-state index contributed by atoms with van der Waals surface area (Å²) < 4.78 is 0. The van der Waals surface area contributed by atoms with Gasteiger partial charge in [0.2, 0.25) is 0 Å². The Morgan fingerprint density at radius 3 is 3.10 bits per heavy atom. The number of hydrogen-bond acceptors (Lipinski definition) is 4. The van der Waals surface area contributed by atoms with E-state index in [1.54, 1.807) is 12.1 Å². The van der Waals surface area contributed by atoms with Gasteiger partial charge in [-0.2, -0.15) is 0 Å². The highest BCUT2D eigenvalue weighted by Gasteiger charge is 2.18. The van der Waals surface area contributed by atoms with Crippen molar-refractivity contribution in [3.63, 3.8) is 0 Å². The minimum atomic E-state index is 0.281. The number of phenols is 1. The van der Waals surface area contributed by atoms with Crippen LogP contribution in [0, 0.1) is 0 Å². The average molecular weight is 271 g/mol. The third kappa shape index (κ3) is 2.70. The molecule has 0 radical (unpaired) electrons. The molecular formula is C16H21N3O. The van der Waals surface area contributed by atoms with Crippen molar-refractivity contribution in [2.45, 2.75) is 25.3 Å². The summed E-state index contributed by atoms with van der Waals surface area (Å²) in [5, 5.41) is 15.2. The largest absolute Gasteiger partial charge is 0.508 e. The number of pyridine rings is 1. The Morgan fingerprint density at radius 1 is 1.35 bits per heavy atom. The lowest BCUT2D eigenvalue weighted by atomic mass is 10.0. The topological polar surface area (TPSA) is 48.4 Å². The number of piperidine rings is 1. The van der Waals surface area contributed by atoms with Gasteiger partial charge in [-0.05, 0) is 50.0 Å². The number of nitrogens with zero attached hydrogens (tertiary/aromatic N) is 2. The van der Waals surface area contributed by atoms with E-state index in [2.05, 4.69) is 22.2 Å². The van der Waals surface area contributed by atoms with Crippen LogP contribution in [0.4, 0.5) is 5.82 Å². The van der Waals surface area contributed by atoms with Gasteiger partial charge < -0.3 is 15.3 Å². The Kier molecular flexibility index (Phi) is 3.74. The molecule has 3 rings (SSSR count). The van der Waals surface area contributed by atoms with E-state index in [0.717, 1.165) is 23.1 Å². The molecule has 2 heterocycles. The van der Waals surface area contributed by atoms with Gasteiger partial charge in [-0.3, -0.25) is 0 Å². The van der Waals surface area contributed by atoms with Crippen LogP contribution in [0.2, 0.25) is 0 Å². The summed E-state index contributed by atoms with van der Waals surface area (Å²) in [6, 6.07) is 7.94. The Labute approximate surface area is 119 Å². The highest BCUT2D eigenvalue weighted by molar-refractivity contribution is 5.92. The Bertz CT molecular complexity index is 599. The predicted octanol–water partition coefficient (Wildman–Crippen LogP) is 2.84. The van der Waals surface area contributed by atoms with Crippen LogP contribution < -0.4 is 5.32 Å². The summed E-state index contributed by atoms with van der Waals surface area (Å²) in [5.41, 5.74) is 0. The molecule has 1 aromatic heterocycles. The molecule has 106 valence electrons. The summed E-state index contributed by atoms with van der Waals surface area (Å²) in [7, 11) is 2.19. The van der Waals surface area contributed by atoms with Crippen LogP contribution in [-0.2, 0) is 0 Å². The molecular weight excluding hydrogens is 250 g/mol. The average Bonchev–Trinajstić information content (AvgIpc) is 2.46. The van der Waals surface area contributed by atoms with Crippen LogP contribution in [-0.4, -0.2) is 41.2 Å².